The minimum absolute atomic E-state index is 0.368. The van der Waals surface area contributed by atoms with Crippen LogP contribution in [0.2, 0.25) is 0 Å². The van der Waals surface area contributed by atoms with Crippen molar-refractivity contribution in [3.05, 3.63) is 40.4 Å². The minimum atomic E-state index is -0.566. The molecule has 0 bridgehead atoms. The Morgan fingerprint density at radius 3 is 2.70 bits per heavy atom. The van der Waals surface area contributed by atoms with E-state index in [1.807, 2.05) is 6.92 Å². The first-order valence-electron chi connectivity index (χ1n) is 6.80. The molecule has 5 heteroatoms. The summed E-state index contributed by atoms with van der Waals surface area (Å²) in [5, 5.41) is 3.95. The van der Waals surface area contributed by atoms with Gasteiger partial charge in [0.2, 0.25) is 0 Å². The zero-order valence-corrected chi connectivity index (χ0v) is 12.5. The van der Waals surface area contributed by atoms with E-state index in [1.165, 1.54) is 23.5 Å². The highest BCUT2D eigenvalue weighted by Crippen LogP contribution is 2.30. The average Bonchev–Trinajstić information content (AvgIpc) is 2.82. The maximum atomic E-state index is 13.8. The molecule has 1 N–H and O–H groups in total. The van der Waals surface area contributed by atoms with Crippen molar-refractivity contribution in [1.29, 1.82) is 0 Å². The predicted octanol–water partition coefficient (Wildman–Crippen LogP) is 4.15. The Bertz CT molecular complexity index is 581. The first-order valence-corrected chi connectivity index (χ1v) is 7.62. The van der Waals surface area contributed by atoms with Crippen molar-refractivity contribution in [1.82, 2.24) is 10.3 Å². The van der Waals surface area contributed by atoms with Gasteiger partial charge >= 0.3 is 0 Å². The van der Waals surface area contributed by atoms with Gasteiger partial charge in [-0.2, -0.15) is 0 Å². The Kier molecular flexibility index (Phi) is 5.20. The summed E-state index contributed by atoms with van der Waals surface area (Å²) in [6.45, 7) is 5.84. The van der Waals surface area contributed by atoms with Gasteiger partial charge in [0.05, 0.1) is 5.69 Å². The lowest BCUT2D eigenvalue weighted by molar-refractivity contribution is 0.585. The summed E-state index contributed by atoms with van der Waals surface area (Å²) in [6.07, 6.45) is 1.88. The summed E-state index contributed by atoms with van der Waals surface area (Å²) in [7, 11) is 0. The molecule has 0 fully saturated rings. The fourth-order valence-corrected chi connectivity index (χ4v) is 3.10. The van der Waals surface area contributed by atoms with Crippen LogP contribution in [0.4, 0.5) is 8.78 Å². The minimum Gasteiger partial charge on any atom is -0.312 e. The quantitative estimate of drug-likeness (QED) is 0.810. The number of aromatic nitrogens is 1. The molecule has 0 atom stereocenters. The molecule has 0 radical (unpaired) electrons. The number of halogens is 2. The largest absolute Gasteiger partial charge is 0.312 e. The molecule has 108 valence electrons. The Hall–Kier alpha value is -1.33. The van der Waals surface area contributed by atoms with Crippen molar-refractivity contribution >= 4 is 11.3 Å². The molecule has 1 heterocycles. The van der Waals surface area contributed by atoms with Crippen LogP contribution in [0.25, 0.3) is 10.6 Å². The summed E-state index contributed by atoms with van der Waals surface area (Å²) in [6, 6.07) is 3.62. The molecule has 2 nitrogen and oxygen atoms in total. The number of hydrogen-bond donors (Lipinski definition) is 1. The van der Waals surface area contributed by atoms with Gasteiger partial charge in [0.1, 0.15) is 16.6 Å². The van der Waals surface area contributed by atoms with Crippen LogP contribution >= 0.6 is 11.3 Å². The second kappa shape index (κ2) is 6.90. The zero-order valence-electron chi connectivity index (χ0n) is 11.7. The molecule has 0 unspecified atom stereocenters. The molecule has 0 saturated carbocycles. The number of nitrogens with zero attached hydrogens (tertiary/aromatic N) is 1. The van der Waals surface area contributed by atoms with Gasteiger partial charge in [0, 0.05) is 23.1 Å². The first kappa shape index (κ1) is 15.1. The highest BCUT2D eigenvalue weighted by atomic mass is 32.1. The Labute approximate surface area is 121 Å². The van der Waals surface area contributed by atoms with Crippen LogP contribution in [0.3, 0.4) is 0 Å². The normalized spacial score (nSPS) is 11.0. The standard InChI is InChI=1S/C15H18F2N2S/c1-3-7-18-9-14-13(4-2)19-15(20-14)11-6-5-10(16)8-12(11)17/h5-6,8,18H,3-4,7,9H2,1-2H3. The monoisotopic (exact) mass is 296 g/mol. The van der Waals surface area contributed by atoms with E-state index in [4.69, 9.17) is 0 Å². The van der Waals surface area contributed by atoms with Gasteiger partial charge < -0.3 is 5.32 Å². The number of nitrogens with one attached hydrogen (secondary N) is 1. The molecule has 1 aromatic carbocycles. The molecule has 0 aliphatic carbocycles. The topological polar surface area (TPSA) is 24.9 Å². The van der Waals surface area contributed by atoms with Crippen molar-refractivity contribution in [2.45, 2.75) is 33.2 Å². The third kappa shape index (κ3) is 3.41. The fourth-order valence-electron chi connectivity index (χ4n) is 1.95. The third-order valence-electron chi connectivity index (χ3n) is 2.99. The molecular weight excluding hydrogens is 278 g/mol. The third-order valence-corrected chi connectivity index (χ3v) is 4.12. The van der Waals surface area contributed by atoms with Crippen molar-refractivity contribution in [3.63, 3.8) is 0 Å². The first-order chi connectivity index (χ1) is 9.65. The number of aryl methyl sites for hydroxylation is 1. The Morgan fingerprint density at radius 1 is 1.25 bits per heavy atom. The van der Waals surface area contributed by atoms with E-state index < -0.39 is 11.6 Å². The van der Waals surface area contributed by atoms with Crippen LogP contribution in [-0.2, 0) is 13.0 Å². The van der Waals surface area contributed by atoms with E-state index in [2.05, 4.69) is 17.2 Å². The average molecular weight is 296 g/mol. The number of rotatable bonds is 6. The summed E-state index contributed by atoms with van der Waals surface area (Å²) >= 11 is 1.47. The number of hydrogen-bond acceptors (Lipinski definition) is 3. The lowest BCUT2D eigenvalue weighted by Gasteiger charge is -2.01. The Balaban J connectivity index is 2.28. The highest BCUT2D eigenvalue weighted by molar-refractivity contribution is 7.15. The van der Waals surface area contributed by atoms with E-state index in [-0.39, 0.29) is 0 Å². The fraction of sp³-hybridized carbons (Fsp3) is 0.400. The van der Waals surface area contributed by atoms with Gasteiger partial charge in [-0.1, -0.05) is 13.8 Å². The molecule has 1 aromatic heterocycles. The maximum Gasteiger partial charge on any atom is 0.136 e. The van der Waals surface area contributed by atoms with Gasteiger partial charge in [-0.25, -0.2) is 13.8 Å². The van der Waals surface area contributed by atoms with Crippen LogP contribution < -0.4 is 5.32 Å². The number of benzene rings is 1. The predicted molar refractivity (Wildman–Crippen MR) is 78.8 cm³/mol. The van der Waals surface area contributed by atoms with Gasteiger partial charge in [-0.05, 0) is 31.5 Å². The van der Waals surface area contributed by atoms with Crippen molar-refractivity contribution in [3.8, 4) is 10.6 Å². The summed E-state index contributed by atoms with van der Waals surface area (Å²) in [4.78, 5) is 5.61. The molecule has 0 aliphatic rings. The summed E-state index contributed by atoms with van der Waals surface area (Å²) < 4.78 is 26.8. The molecule has 0 aliphatic heterocycles. The highest BCUT2D eigenvalue weighted by Gasteiger charge is 2.14. The van der Waals surface area contributed by atoms with Crippen molar-refractivity contribution < 1.29 is 8.78 Å². The van der Waals surface area contributed by atoms with Crippen molar-refractivity contribution in [2.24, 2.45) is 0 Å². The van der Waals surface area contributed by atoms with Gasteiger partial charge in [0.15, 0.2) is 0 Å². The van der Waals surface area contributed by atoms with Crippen LogP contribution in [0, 0.1) is 11.6 Å². The molecular formula is C15H18F2N2S. The second-order valence-corrected chi connectivity index (χ2v) is 5.63. The van der Waals surface area contributed by atoms with Crippen LogP contribution in [0.15, 0.2) is 18.2 Å². The Morgan fingerprint density at radius 2 is 2.05 bits per heavy atom. The number of thiazole rings is 1. The molecule has 2 aromatic rings. The second-order valence-electron chi connectivity index (χ2n) is 4.54. The van der Waals surface area contributed by atoms with E-state index in [0.717, 1.165) is 42.6 Å². The van der Waals surface area contributed by atoms with E-state index in [9.17, 15) is 8.78 Å². The van der Waals surface area contributed by atoms with Crippen LogP contribution in [0.5, 0.6) is 0 Å². The van der Waals surface area contributed by atoms with Gasteiger partial charge in [-0.3, -0.25) is 0 Å². The van der Waals surface area contributed by atoms with E-state index in [0.29, 0.717) is 10.6 Å². The van der Waals surface area contributed by atoms with Crippen LogP contribution in [0.1, 0.15) is 30.8 Å². The zero-order chi connectivity index (χ0) is 14.5. The SMILES string of the molecule is CCCNCc1sc(-c2ccc(F)cc2F)nc1CC. The molecule has 0 spiro atoms. The van der Waals surface area contributed by atoms with Crippen LogP contribution in [-0.4, -0.2) is 11.5 Å². The van der Waals surface area contributed by atoms with Crippen molar-refractivity contribution in [2.75, 3.05) is 6.54 Å². The maximum absolute atomic E-state index is 13.8. The van der Waals surface area contributed by atoms with Gasteiger partial charge in [0.25, 0.3) is 0 Å². The smallest absolute Gasteiger partial charge is 0.136 e. The summed E-state index contributed by atoms with van der Waals surface area (Å²) in [5.41, 5.74) is 1.35. The lowest BCUT2D eigenvalue weighted by atomic mass is 10.2. The molecule has 0 amide bonds. The van der Waals surface area contributed by atoms with E-state index in [1.54, 1.807) is 0 Å². The lowest BCUT2D eigenvalue weighted by Crippen LogP contribution is -2.13. The van der Waals surface area contributed by atoms with Gasteiger partial charge in [-0.15, -0.1) is 11.3 Å². The molecule has 20 heavy (non-hydrogen) atoms. The molecule has 2 rings (SSSR count). The summed E-state index contributed by atoms with van der Waals surface area (Å²) in [5.74, 6) is -1.13. The van der Waals surface area contributed by atoms with E-state index >= 15 is 0 Å². The molecule has 0 saturated heterocycles.